The van der Waals surface area contributed by atoms with E-state index in [1.165, 1.54) is 0 Å². The summed E-state index contributed by atoms with van der Waals surface area (Å²) in [5.41, 5.74) is 0. The Morgan fingerprint density at radius 1 is 0.786 bits per heavy atom. The smallest absolute Gasteiger partial charge is 0.322 e. The zero-order valence-corrected chi connectivity index (χ0v) is 13.1. The molecule has 1 aliphatic rings. The van der Waals surface area contributed by atoms with Gasteiger partial charge in [0, 0.05) is 6.61 Å². The van der Waals surface area contributed by atoms with E-state index >= 15 is 0 Å². The molecule has 0 spiro atoms. The summed E-state index contributed by atoms with van der Waals surface area (Å²) in [4.78, 5) is 0. The molecule has 14 heavy (non-hydrogen) atoms. The van der Waals surface area contributed by atoms with Crippen LogP contribution in [0.4, 0.5) is 0 Å². The molecule has 0 aromatic carbocycles. The molecule has 0 saturated carbocycles. The van der Waals surface area contributed by atoms with Crippen molar-refractivity contribution in [3.05, 3.63) is 0 Å². The summed E-state index contributed by atoms with van der Waals surface area (Å²) in [7, 11) is -5.39. The van der Waals surface area contributed by atoms with Gasteiger partial charge in [0.25, 0.3) is 0 Å². The van der Waals surface area contributed by atoms with Gasteiger partial charge >= 0.3 is 17.1 Å². The van der Waals surface area contributed by atoms with E-state index in [1.807, 2.05) is 0 Å². The van der Waals surface area contributed by atoms with E-state index in [0.717, 1.165) is 12.7 Å². The zero-order valence-electron chi connectivity index (χ0n) is 10.1. The Morgan fingerprint density at radius 2 is 1.36 bits per heavy atom. The number of rotatable bonds is 0. The Kier molecular flexibility index (Phi) is 3.45. The molecular formula is C8H22O3Si3. The van der Waals surface area contributed by atoms with Crippen molar-refractivity contribution in [2.24, 2.45) is 0 Å². The predicted octanol–water partition coefficient (Wildman–Crippen LogP) is 2.66. The third kappa shape index (κ3) is 3.95. The van der Waals surface area contributed by atoms with Crippen LogP contribution in [-0.4, -0.2) is 32.0 Å². The van der Waals surface area contributed by atoms with Crippen LogP contribution < -0.4 is 0 Å². The Morgan fingerprint density at radius 3 is 1.93 bits per heavy atom. The second kappa shape index (κ2) is 3.84. The Hall–Kier alpha value is 0.531. The molecule has 1 rings (SSSR count). The van der Waals surface area contributed by atoms with Crippen molar-refractivity contribution < 1.29 is 12.7 Å². The minimum Gasteiger partial charge on any atom is -0.436 e. The van der Waals surface area contributed by atoms with Crippen LogP contribution in [0.25, 0.3) is 0 Å². The van der Waals surface area contributed by atoms with Crippen molar-refractivity contribution in [2.75, 3.05) is 6.61 Å². The first-order chi connectivity index (χ1) is 6.12. The van der Waals surface area contributed by atoms with Crippen molar-refractivity contribution in [1.82, 2.24) is 0 Å². The highest BCUT2D eigenvalue weighted by Crippen LogP contribution is 2.26. The Balaban J connectivity index is 2.76. The lowest BCUT2D eigenvalue weighted by Crippen LogP contribution is -2.56. The van der Waals surface area contributed by atoms with Gasteiger partial charge in [0.1, 0.15) is 0 Å². The van der Waals surface area contributed by atoms with E-state index < -0.39 is 25.4 Å². The lowest BCUT2D eigenvalue weighted by atomic mass is 10.9. The SMILES string of the molecule is C[Si]1(C)CCO[Si](C)(C)O[Si](C)(C)O1. The van der Waals surface area contributed by atoms with Crippen molar-refractivity contribution >= 4 is 25.4 Å². The maximum atomic E-state index is 6.21. The zero-order chi connectivity index (χ0) is 11.0. The third-order valence-electron chi connectivity index (χ3n) is 2.17. The molecule has 0 N–H and O–H groups in total. The second-order valence-corrected chi connectivity index (χ2v) is 16.9. The molecule has 3 nitrogen and oxygen atoms in total. The molecule has 0 amide bonds. The molecule has 0 aromatic heterocycles. The molecule has 0 atom stereocenters. The van der Waals surface area contributed by atoms with Gasteiger partial charge in [-0.25, -0.2) is 0 Å². The normalized spacial score (nSPS) is 30.4. The minimum absolute atomic E-state index is 0.808. The fraction of sp³-hybridized carbons (Fsp3) is 1.00. The first-order valence-electron chi connectivity index (χ1n) is 5.16. The van der Waals surface area contributed by atoms with Gasteiger partial charge in [-0.15, -0.1) is 0 Å². The van der Waals surface area contributed by atoms with Gasteiger partial charge in [0.2, 0.25) is 0 Å². The van der Waals surface area contributed by atoms with E-state index in [9.17, 15) is 0 Å². The summed E-state index contributed by atoms with van der Waals surface area (Å²) in [6, 6.07) is 1.09. The molecule has 84 valence electrons. The molecule has 1 heterocycles. The standard InChI is InChI=1S/C8H22O3Si3/c1-12(2)8-7-9-13(3,4)11-14(5,6)10-12/h7-8H2,1-6H3. The van der Waals surface area contributed by atoms with E-state index in [1.54, 1.807) is 0 Å². The highest BCUT2D eigenvalue weighted by atomic mass is 28.5. The lowest BCUT2D eigenvalue weighted by molar-refractivity contribution is 0.225. The second-order valence-electron chi connectivity index (χ2n) is 5.36. The number of hydrogen-bond acceptors (Lipinski definition) is 3. The number of hydrogen-bond donors (Lipinski definition) is 0. The van der Waals surface area contributed by atoms with Crippen molar-refractivity contribution in [1.29, 1.82) is 0 Å². The summed E-state index contributed by atoms with van der Waals surface area (Å²) in [6.45, 7) is 13.8. The quantitative estimate of drug-likeness (QED) is 0.619. The van der Waals surface area contributed by atoms with E-state index in [2.05, 4.69) is 39.3 Å². The topological polar surface area (TPSA) is 27.7 Å². The summed E-state index contributed by atoms with van der Waals surface area (Å²) in [5, 5.41) is 0. The molecule has 0 aromatic rings. The molecule has 6 heteroatoms. The van der Waals surface area contributed by atoms with Gasteiger partial charge in [-0.2, -0.15) is 0 Å². The average Bonchev–Trinajstić information content (AvgIpc) is 1.75. The Bertz CT molecular complexity index is 196. The molecule has 0 aliphatic carbocycles. The van der Waals surface area contributed by atoms with Crippen molar-refractivity contribution in [2.45, 2.75) is 45.3 Å². The van der Waals surface area contributed by atoms with Crippen molar-refractivity contribution in [3.63, 3.8) is 0 Å². The van der Waals surface area contributed by atoms with Crippen LogP contribution in [0.5, 0.6) is 0 Å². The maximum Gasteiger partial charge on any atom is 0.322 e. The molecule has 1 fully saturated rings. The highest BCUT2D eigenvalue weighted by molar-refractivity contribution is 6.86. The molecular weight excluding hydrogens is 228 g/mol. The summed E-state index contributed by atoms with van der Waals surface area (Å²) >= 11 is 0. The Labute approximate surface area is 90.4 Å². The monoisotopic (exact) mass is 250 g/mol. The van der Waals surface area contributed by atoms with Crippen LogP contribution in [0.15, 0.2) is 0 Å². The molecule has 1 saturated heterocycles. The van der Waals surface area contributed by atoms with Gasteiger partial charge in [-0.3, -0.25) is 0 Å². The summed E-state index contributed by atoms with van der Waals surface area (Å²) in [6.07, 6.45) is 0. The summed E-state index contributed by atoms with van der Waals surface area (Å²) in [5.74, 6) is 0. The van der Waals surface area contributed by atoms with E-state index in [4.69, 9.17) is 12.7 Å². The van der Waals surface area contributed by atoms with Crippen LogP contribution in [0, 0.1) is 0 Å². The van der Waals surface area contributed by atoms with Gasteiger partial charge in [0.05, 0.1) is 0 Å². The minimum atomic E-state index is -1.95. The first-order valence-corrected chi connectivity index (χ1v) is 13.9. The van der Waals surface area contributed by atoms with E-state index in [0.29, 0.717) is 0 Å². The van der Waals surface area contributed by atoms with Gasteiger partial charge < -0.3 is 12.7 Å². The fourth-order valence-electron chi connectivity index (χ4n) is 1.90. The summed E-state index contributed by atoms with van der Waals surface area (Å²) < 4.78 is 18.1. The van der Waals surface area contributed by atoms with Crippen LogP contribution in [0.2, 0.25) is 45.3 Å². The third-order valence-corrected chi connectivity index (χ3v) is 12.6. The molecule has 0 unspecified atom stereocenters. The average molecular weight is 251 g/mol. The molecule has 0 bridgehead atoms. The van der Waals surface area contributed by atoms with Crippen LogP contribution in [0.1, 0.15) is 0 Å². The van der Waals surface area contributed by atoms with Crippen LogP contribution >= 0.6 is 0 Å². The van der Waals surface area contributed by atoms with E-state index in [-0.39, 0.29) is 0 Å². The molecule has 1 aliphatic heterocycles. The van der Waals surface area contributed by atoms with Crippen LogP contribution in [-0.2, 0) is 12.7 Å². The van der Waals surface area contributed by atoms with Crippen molar-refractivity contribution in [3.8, 4) is 0 Å². The van der Waals surface area contributed by atoms with Gasteiger partial charge in [-0.05, 0) is 45.3 Å². The maximum absolute atomic E-state index is 6.21. The van der Waals surface area contributed by atoms with Crippen LogP contribution in [0.3, 0.4) is 0 Å². The first kappa shape index (κ1) is 12.6. The fourth-order valence-corrected chi connectivity index (χ4v) is 14.5. The lowest BCUT2D eigenvalue weighted by Gasteiger charge is -2.41. The molecule has 0 radical (unpaired) electrons. The highest BCUT2D eigenvalue weighted by Gasteiger charge is 2.42. The van der Waals surface area contributed by atoms with Gasteiger partial charge in [-0.1, -0.05) is 0 Å². The largest absolute Gasteiger partial charge is 0.436 e. The predicted molar refractivity (Wildman–Crippen MR) is 65.4 cm³/mol. The van der Waals surface area contributed by atoms with Gasteiger partial charge in [0.15, 0.2) is 8.32 Å².